The van der Waals surface area contributed by atoms with Gasteiger partial charge in [0.25, 0.3) is 0 Å². The van der Waals surface area contributed by atoms with Crippen LogP contribution in [0.1, 0.15) is 33.4 Å². The van der Waals surface area contributed by atoms with Crippen LogP contribution < -0.4 is 4.90 Å². The van der Waals surface area contributed by atoms with E-state index in [1.54, 1.807) is 0 Å². The molecule has 0 aliphatic rings. The molecule has 0 unspecified atom stereocenters. The van der Waals surface area contributed by atoms with E-state index in [0.717, 1.165) is 0 Å². The fraction of sp³-hybridized carbons (Fsp3) is 0.111. The van der Waals surface area contributed by atoms with Crippen molar-refractivity contribution in [2.45, 2.75) is 41.5 Å². The first-order valence-corrected chi connectivity index (χ1v) is 19.3. The van der Waals surface area contributed by atoms with Crippen molar-refractivity contribution < 1.29 is 0 Å². The Morgan fingerprint density at radius 2 is 0.527 bits per heavy atom. The van der Waals surface area contributed by atoms with Gasteiger partial charge in [0.2, 0.25) is 0 Å². The van der Waals surface area contributed by atoms with E-state index in [2.05, 4.69) is 210 Å². The van der Waals surface area contributed by atoms with Crippen molar-refractivity contribution in [3.05, 3.63) is 197 Å². The molecular weight excluding hydrogens is 663 g/mol. The molecule has 0 radical (unpaired) electrons. The molecule has 0 spiro atoms. The van der Waals surface area contributed by atoms with E-state index in [9.17, 15) is 0 Å². The van der Waals surface area contributed by atoms with Gasteiger partial charge in [-0.3, -0.25) is 0 Å². The van der Waals surface area contributed by atoms with Gasteiger partial charge in [0.05, 0.1) is 0 Å². The van der Waals surface area contributed by atoms with Gasteiger partial charge in [0, 0.05) is 17.1 Å². The summed E-state index contributed by atoms with van der Waals surface area (Å²) in [5.74, 6) is 0. The summed E-state index contributed by atoms with van der Waals surface area (Å²) >= 11 is 0. The fourth-order valence-corrected chi connectivity index (χ4v) is 8.77. The minimum atomic E-state index is 1.20. The lowest BCUT2D eigenvalue weighted by molar-refractivity contribution is 1.18. The van der Waals surface area contributed by atoms with Crippen molar-refractivity contribution in [2.75, 3.05) is 4.90 Å². The number of hydrogen-bond acceptors (Lipinski definition) is 1. The van der Waals surface area contributed by atoms with Crippen LogP contribution in [0.2, 0.25) is 0 Å². The smallest absolute Gasteiger partial charge is 0.0494 e. The van der Waals surface area contributed by atoms with E-state index in [4.69, 9.17) is 0 Å². The molecule has 0 N–H and O–H groups in total. The highest BCUT2D eigenvalue weighted by Crippen LogP contribution is 2.46. The van der Waals surface area contributed by atoms with Crippen LogP contribution >= 0.6 is 0 Å². The number of hydrogen-bond donors (Lipinski definition) is 0. The number of benzene rings is 9. The topological polar surface area (TPSA) is 3.24 Å². The maximum Gasteiger partial charge on any atom is 0.0494 e. The Kier molecular flexibility index (Phi) is 8.59. The molecule has 266 valence electrons. The monoisotopic (exact) mass is 707 g/mol. The largest absolute Gasteiger partial charge is 0.310 e. The molecule has 0 aliphatic carbocycles. The zero-order valence-electron chi connectivity index (χ0n) is 32.5. The van der Waals surface area contributed by atoms with E-state index in [1.165, 1.54) is 116 Å². The molecule has 0 aliphatic heterocycles. The normalized spacial score (nSPS) is 11.5. The molecule has 0 saturated heterocycles. The Balaban J connectivity index is 1.25. The molecule has 1 nitrogen and oxygen atoms in total. The molecule has 9 aromatic rings. The molecule has 0 bridgehead atoms. The maximum absolute atomic E-state index is 2.53. The second-order valence-corrected chi connectivity index (χ2v) is 15.3. The lowest BCUT2D eigenvalue weighted by Crippen LogP contribution is -2.15. The van der Waals surface area contributed by atoms with Gasteiger partial charge in [0.15, 0.2) is 0 Å². The molecule has 0 fully saturated rings. The van der Waals surface area contributed by atoms with Crippen LogP contribution in [0.15, 0.2) is 164 Å². The van der Waals surface area contributed by atoms with Crippen LogP contribution in [-0.2, 0) is 0 Å². The van der Waals surface area contributed by atoms with Crippen molar-refractivity contribution in [1.29, 1.82) is 0 Å². The quantitative estimate of drug-likeness (QED) is 0.166. The summed E-state index contributed by atoms with van der Waals surface area (Å²) in [5, 5.41) is 7.63. The third kappa shape index (κ3) is 5.97. The van der Waals surface area contributed by atoms with Gasteiger partial charge in [-0.1, -0.05) is 127 Å². The van der Waals surface area contributed by atoms with E-state index in [-0.39, 0.29) is 0 Å². The van der Waals surface area contributed by atoms with Crippen molar-refractivity contribution in [2.24, 2.45) is 0 Å². The van der Waals surface area contributed by atoms with E-state index >= 15 is 0 Å². The first kappa shape index (κ1) is 34.3. The van der Waals surface area contributed by atoms with E-state index in [0.29, 0.717) is 0 Å². The number of fused-ring (bicyclic) bond motifs is 3. The standard InChI is InChI=1S/C54H45N/c1-34-31-52(37(4)28-49(34)46-25-13-19-40-16-7-10-22-43(40)46)55(53-32-35(2)50(29-38(53)5)47-26-14-20-41-17-8-11-23-44(41)47)54-33-36(3)51(30-39(54)6)48-27-15-21-42-18-9-12-24-45(42)48/h7-33H,1-6H3. The van der Waals surface area contributed by atoms with Gasteiger partial charge in [0.1, 0.15) is 0 Å². The summed E-state index contributed by atoms with van der Waals surface area (Å²) in [6, 6.07) is 60.5. The number of rotatable bonds is 6. The van der Waals surface area contributed by atoms with Crippen LogP contribution in [0.5, 0.6) is 0 Å². The summed E-state index contributed by atoms with van der Waals surface area (Å²) in [5.41, 5.74) is 18.7. The molecule has 1 heteroatoms. The molecule has 9 rings (SSSR count). The van der Waals surface area contributed by atoms with Crippen molar-refractivity contribution in [3.63, 3.8) is 0 Å². The predicted molar refractivity (Wildman–Crippen MR) is 238 cm³/mol. The minimum Gasteiger partial charge on any atom is -0.310 e. The lowest BCUT2D eigenvalue weighted by Gasteiger charge is -2.32. The Hall–Kier alpha value is -6.44. The van der Waals surface area contributed by atoms with E-state index < -0.39 is 0 Å². The third-order valence-corrected chi connectivity index (χ3v) is 11.6. The van der Waals surface area contributed by atoms with Crippen LogP contribution in [-0.4, -0.2) is 0 Å². The molecular formula is C54H45N. The Bertz CT molecular complexity index is 2610. The molecule has 0 saturated carbocycles. The molecule has 55 heavy (non-hydrogen) atoms. The highest BCUT2D eigenvalue weighted by molar-refractivity contribution is 6.01. The van der Waals surface area contributed by atoms with Crippen molar-refractivity contribution in [3.8, 4) is 33.4 Å². The predicted octanol–water partition coefficient (Wildman–Crippen LogP) is 15.5. The Labute approximate surface area is 325 Å². The highest BCUT2D eigenvalue weighted by atomic mass is 15.1. The van der Waals surface area contributed by atoms with Gasteiger partial charge < -0.3 is 4.90 Å². The van der Waals surface area contributed by atoms with Gasteiger partial charge in [-0.15, -0.1) is 0 Å². The molecule has 0 atom stereocenters. The van der Waals surface area contributed by atoms with Gasteiger partial charge >= 0.3 is 0 Å². The summed E-state index contributed by atoms with van der Waals surface area (Å²) in [6.45, 7) is 13.6. The summed E-state index contributed by atoms with van der Waals surface area (Å²) in [7, 11) is 0. The summed E-state index contributed by atoms with van der Waals surface area (Å²) < 4.78 is 0. The zero-order chi connectivity index (χ0) is 37.8. The second kappa shape index (κ2) is 13.8. The molecule has 0 heterocycles. The first-order valence-electron chi connectivity index (χ1n) is 19.3. The maximum atomic E-state index is 2.53. The Morgan fingerprint density at radius 1 is 0.255 bits per heavy atom. The SMILES string of the molecule is Cc1cc(N(c2cc(C)c(-c3cccc4ccccc34)cc2C)c2cc(C)c(-c3cccc4ccccc34)cc2C)c(C)cc1-c1cccc2ccccc12. The summed E-state index contributed by atoms with van der Waals surface area (Å²) in [4.78, 5) is 2.53. The first-order chi connectivity index (χ1) is 26.8. The minimum absolute atomic E-state index is 1.20. The zero-order valence-corrected chi connectivity index (χ0v) is 32.5. The molecule has 9 aromatic carbocycles. The number of anilines is 3. The van der Waals surface area contributed by atoms with Crippen LogP contribution in [0.4, 0.5) is 17.1 Å². The fourth-order valence-electron chi connectivity index (χ4n) is 8.77. The summed E-state index contributed by atoms with van der Waals surface area (Å²) in [6.07, 6.45) is 0. The average molecular weight is 708 g/mol. The average Bonchev–Trinajstić information content (AvgIpc) is 3.21. The van der Waals surface area contributed by atoms with Gasteiger partial charge in [-0.2, -0.15) is 0 Å². The Morgan fingerprint density at radius 3 is 0.836 bits per heavy atom. The molecule has 0 amide bonds. The van der Waals surface area contributed by atoms with Gasteiger partial charge in [-0.05, 0) is 177 Å². The third-order valence-electron chi connectivity index (χ3n) is 11.6. The second-order valence-electron chi connectivity index (χ2n) is 15.3. The highest BCUT2D eigenvalue weighted by Gasteiger charge is 2.23. The van der Waals surface area contributed by atoms with Gasteiger partial charge in [-0.25, -0.2) is 0 Å². The van der Waals surface area contributed by atoms with E-state index in [1.807, 2.05) is 0 Å². The lowest BCUT2D eigenvalue weighted by atomic mass is 9.90. The van der Waals surface area contributed by atoms with Crippen LogP contribution in [0.3, 0.4) is 0 Å². The number of aryl methyl sites for hydroxylation is 6. The number of nitrogens with zero attached hydrogens (tertiary/aromatic N) is 1. The van der Waals surface area contributed by atoms with Crippen molar-refractivity contribution >= 4 is 49.4 Å². The van der Waals surface area contributed by atoms with Crippen molar-refractivity contribution in [1.82, 2.24) is 0 Å². The van der Waals surface area contributed by atoms with Crippen LogP contribution in [0, 0.1) is 41.5 Å². The van der Waals surface area contributed by atoms with Crippen LogP contribution in [0.25, 0.3) is 65.7 Å². The molecule has 0 aromatic heterocycles.